The van der Waals surface area contributed by atoms with Crippen molar-refractivity contribution in [1.82, 2.24) is 9.88 Å². The molecule has 0 spiro atoms. The van der Waals surface area contributed by atoms with Crippen molar-refractivity contribution < 1.29 is 14.3 Å². The molecule has 2 aromatic carbocycles. The number of morpholine rings is 1. The Balaban J connectivity index is 1.35. The van der Waals surface area contributed by atoms with Gasteiger partial charge in [0, 0.05) is 34.7 Å². The fourth-order valence-corrected chi connectivity index (χ4v) is 4.41. The summed E-state index contributed by atoms with van der Waals surface area (Å²) in [6.07, 6.45) is 0. The lowest BCUT2D eigenvalue weighted by atomic mass is 10.1. The van der Waals surface area contributed by atoms with Crippen molar-refractivity contribution in [2.24, 2.45) is 0 Å². The minimum absolute atomic E-state index is 0.0910. The zero-order valence-electron chi connectivity index (χ0n) is 16.9. The monoisotopic (exact) mass is 490 g/mol. The van der Waals surface area contributed by atoms with Gasteiger partial charge in [0.15, 0.2) is 5.13 Å². The lowest BCUT2D eigenvalue weighted by Gasteiger charge is -2.25. The van der Waals surface area contributed by atoms with E-state index in [4.69, 9.17) is 27.9 Å². The highest BCUT2D eigenvalue weighted by Gasteiger charge is 2.16. The lowest BCUT2D eigenvalue weighted by molar-refractivity contribution is -0.118. The Morgan fingerprint density at radius 2 is 1.81 bits per heavy atom. The van der Waals surface area contributed by atoms with Crippen LogP contribution in [0.5, 0.6) is 0 Å². The minimum Gasteiger partial charge on any atom is -0.379 e. The van der Waals surface area contributed by atoms with Crippen molar-refractivity contribution in [2.45, 2.75) is 0 Å². The van der Waals surface area contributed by atoms with Crippen molar-refractivity contribution in [1.29, 1.82) is 0 Å². The maximum atomic E-state index is 12.5. The average Bonchev–Trinajstić information content (AvgIpc) is 3.23. The summed E-state index contributed by atoms with van der Waals surface area (Å²) < 4.78 is 5.30. The van der Waals surface area contributed by atoms with Crippen LogP contribution in [0.4, 0.5) is 10.8 Å². The summed E-state index contributed by atoms with van der Waals surface area (Å²) in [7, 11) is 0. The Labute approximate surface area is 199 Å². The number of hydrogen-bond acceptors (Lipinski definition) is 6. The topological polar surface area (TPSA) is 83.6 Å². The van der Waals surface area contributed by atoms with Crippen LogP contribution in [0.1, 0.15) is 10.4 Å². The molecule has 166 valence electrons. The Morgan fingerprint density at radius 1 is 1.06 bits per heavy atom. The average molecular weight is 491 g/mol. The summed E-state index contributed by atoms with van der Waals surface area (Å²) in [6.45, 7) is 3.13. The molecule has 1 aromatic heterocycles. The number of rotatable bonds is 6. The van der Waals surface area contributed by atoms with Crippen molar-refractivity contribution >= 4 is 57.2 Å². The number of aromatic nitrogens is 1. The minimum atomic E-state index is -0.321. The number of ether oxygens (including phenoxy) is 1. The molecular formula is C22H20Cl2N4O3S. The molecule has 0 aliphatic carbocycles. The van der Waals surface area contributed by atoms with Crippen LogP contribution in [0.3, 0.4) is 0 Å². The van der Waals surface area contributed by atoms with E-state index in [0.29, 0.717) is 41.2 Å². The molecule has 10 heteroatoms. The first-order valence-corrected chi connectivity index (χ1v) is 11.5. The van der Waals surface area contributed by atoms with Gasteiger partial charge in [-0.25, -0.2) is 4.98 Å². The number of nitrogens with zero attached hydrogens (tertiary/aromatic N) is 2. The highest BCUT2D eigenvalue weighted by Crippen LogP contribution is 2.27. The van der Waals surface area contributed by atoms with E-state index in [9.17, 15) is 9.59 Å². The molecular weight excluding hydrogens is 471 g/mol. The Hall–Kier alpha value is -2.49. The molecule has 0 unspecified atom stereocenters. The normalized spacial score (nSPS) is 14.2. The highest BCUT2D eigenvalue weighted by molar-refractivity contribution is 7.14. The second-order valence-corrected chi connectivity index (χ2v) is 8.83. The third-order valence-corrected chi connectivity index (χ3v) is 6.14. The maximum Gasteiger partial charge on any atom is 0.257 e. The summed E-state index contributed by atoms with van der Waals surface area (Å²) in [6, 6.07) is 12.0. The molecule has 3 aromatic rings. The second kappa shape index (κ2) is 10.4. The van der Waals surface area contributed by atoms with Gasteiger partial charge in [-0.05, 0) is 30.3 Å². The fraction of sp³-hybridized carbons (Fsp3) is 0.227. The van der Waals surface area contributed by atoms with Gasteiger partial charge in [-0.15, -0.1) is 11.3 Å². The molecule has 0 bridgehead atoms. The summed E-state index contributed by atoms with van der Waals surface area (Å²) >= 11 is 13.3. The van der Waals surface area contributed by atoms with Crippen LogP contribution in [-0.2, 0) is 9.53 Å². The second-order valence-electron chi connectivity index (χ2n) is 7.13. The van der Waals surface area contributed by atoms with Crippen LogP contribution in [0.2, 0.25) is 10.0 Å². The van der Waals surface area contributed by atoms with Gasteiger partial charge in [0.25, 0.3) is 5.91 Å². The molecule has 0 atom stereocenters. The molecule has 7 nitrogen and oxygen atoms in total. The molecule has 1 aliphatic rings. The van der Waals surface area contributed by atoms with Crippen molar-refractivity contribution in [3.8, 4) is 11.3 Å². The Kier molecular flexibility index (Phi) is 7.39. The van der Waals surface area contributed by atoms with Gasteiger partial charge in [0.05, 0.1) is 36.0 Å². The molecule has 0 saturated carbocycles. The summed E-state index contributed by atoms with van der Waals surface area (Å²) in [4.78, 5) is 31.3. The van der Waals surface area contributed by atoms with E-state index in [0.717, 1.165) is 24.3 Å². The fourth-order valence-electron chi connectivity index (χ4n) is 3.18. The summed E-state index contributed by atoms with van der Waals surface area (Å²) in [5, 5.41) is 8.85. The number of carbonyl (C=O) groups excluding carboxylic acids is 2. The van der Waals surface area contributed by atoms with Crippen LogP contribution >= 0.6 is 34.5 Å². The largest absolute Gasteiger partial charge is 0.379 e. The number of thiazole rings is 1. The smallest absolute Gasteiger partial charge is 0.257 e. The third-order valence-electron chi connectivity index (χ3n) is 4.84. The number of halogens is 2. The predicted molar refractivity (Wildman–Crippen MR) is 128 cm³/mol. The predicted octanol–water partition coefficient (Wildman–Crippen LogP) is 4.64. The van der Waals surface area contributed by atoms with Gasteiger partial charge in [-0.2, -0.15) is 0 Å². The van der Waals surface area contributed by atoms with Gasteiger partial charge in [0.1, 0.15) is 0 Å². The number of hydrogen-bond donors (Lipinski definition) is 2. The SMILES string of the molecule is O=C(CN1CCOCC1)Nc1nc(-c2ccc(NC(=O)c3ccc(Cl)cc3Cl)cc2)cs1. The van der Waals surface area contributed by atoms with Gasteiger partial charge >= 0.3 is 0 Å². The zero-order chi connectivity index (χ0) is 22.5. The quantitative estimate of drug-likeness (QED) is 0.525. The summed E-state index contributed by atoms with van der Waals surface area (Å²) in [5.74, 6) is -0.412. The van der Waals surface area contributed by atoms with Crippen LogP contribution in [-0.4, -0.2) is 54.5 Å². The molecule has 0 radical (unpaired) electrons. The molecule has 4 rings (SSSR count). The molecule has 2 amide bonds. The number of amides is 2. The van der Waals surface area contributed by atoms with Crippen molar-refractivity contribution in [2.75, 3.05) is 43.5 Å². The van der Waals surface area contributed by atoms with Crippen LogP contribution in [0, 0.1) is 0 Å². The van der Waals surface area contributed by atoms with E-state index in [-0.39, 0.29) is 16.8 Å². The van der Waals surface area contributed by atoms with Crippen LogP contribution in [0.25, 0.3) is 11.3 Å². The number of benzene rings is 2. The van der Waals surface area contributed by atoms with Gasteiger partial charge in [0.2, 0.25) is 5.91 Å². The molecule has 1 aliphatic heterocycles. The van der Waals surface area contributed by atoms with Gasteiger partial charge in [-0.3, -0.25) is 14.5 Å². The van der Waals surface area contributed by atoms with E-state index < -0.39 is 0 Å². The van der Waals surface area contributed by atoms with E-state index in [2.05, 4.69) is 20.5 Å². The maximum absolute atomic E-state index is 12.5. The zero-order valence-corrected chi connectivity index (χ0v) is 19.3. The Bertz CT molecular complexity index is 1110. The highest BCUT2D eigenvalue weighted by atomic mass is 35.5. The number of nitrogens with one attached hydrogen (secondary N) is 2. The van der Waals surface area contributed by atoms with Crippen LogP contribution < -0.4 is 10.6 Å². The molecule has 1 saturated heterocycles. The molecule has 2 heterocycles. The molecule has 1 fully saturated rings. The first kappa shape index (κ1) is 22.7. The first-order valence-electron chi connectivity index (χ1n) is 9.90. The van der Waals surface area contributed by atoms with Gasteiger partial charge < -0.3 is 15.4 Å². The van der Waals surface area contributed by atoms with Gasteiger partial charge in [-0.1, -0.05) is 35.3 Å². The Morgan fingerprint density at radius 3 is 2.53 bits per heavy atom. The van der Waals surface area contributed by atoms with Crippen molar-refractivity contribution in [3.63, 3.8) is 0 Å². The van der Waals surface area contributed by atoms with E-state index in [1.807, 2.05) is 17.5 Å². The number of carbonyl (C=O) groups is 2. The van der Waals surface area contributed by atoms with E-state index >= 15 is 0 Å². The molecule has 2 N–H and O–H groups in total. The van der Waals surface area contributed by atoms with E-state index in [1.165, 1.54) is 17.4 Å². The lowest BCUT2D eigenvalue weighted by Crippen LogP contribution is -2.41. The standard InChI is InChI=1S/C22H20Cl2N4O3S/c23-15-3-6-17(18(24)11-15)21(30)25-16-4-1-14(2-5-16)19-13-32-22(26-19)27-20(29)12-28-7-9-31-10-8-28/h1-6,11,13H,7-10,12H2,(H,25,30)(H,26,27,29). The van der Waals surface area contributed by atoms with Crippen LogP contribution in [0.15, 0.2) is 47.8 Å². The van der Waals surface area contributed by atoms with Crippen molar-refractivity contribution in [3.05, 3.63) is 63.5 Å². The number of anilines is 2. The third kappa shape index (κ3) is 5.85. The molecule has 32 heavy (non-hydrogen) atoms. The first-order chi connectivity index (χ1) is 15.5. The van der Waals surface area contributed by atoms with E-state index in [1.54, 1.807) is 24.3 Å². The summed E-state index contributed by atoms with van der Waals surface area (Å²) in [5.41, 5.74) is 2.59.